The van der Waals surface area contributed by atoms with Crippen molar-refractivity contribution in [1.29, 1.82) is 5.26 Å². The van der Waals surface area contributed by atoms with Crippen molar-refractivity contribution in [3.05, 3.63) is 54.2 Å². The number of benzene rings is 1. The number of hydrogen-bond donors (Lipinski definition) is 2. The first-order chi connectivity index (χ1) is 16.2. The molecule has 1 aromatic carbocycles. The van der Waals surface area contributed by atoms with Gasteiger partial charge in [0, 0.05) is 35.2 Å². The van der Waals surface area contributed by atoms with Crippen LogP contribution in [0.3, 0.4) is 0 Å². The lowest BCUT2D eigenvalue weighted by Gasteiger charge is -2.30. The van der Waals surface area contributed by atoms with Gasteiger partial charge in [0.15, 0.2) is 0 Å². The molecule has 0 aliphatic heterocycles. The number of nitrogens with zero attached hydrogens (tertiary/aromatic N) is 4. The number of ether oxygens (including phenoxy) is 1. The van der Waals surface area contributed by atoms with Gasteiger partial charge in [-0.05, 0) is 58.6 Å². The molecule has 4 rings (SSSR count). The number of nitriles is 1. The van der Waals surface area contributed by atoms with Crippen LogP contribution in [-0.2, 0) is 4.74 Å². The van der Waals surface area contributed by atoms with Gasteiger partial charge in [-0.15, -0.1) is 0 Å². The number of carbonyl (C=O) groups excluding carboxylic acids is 2. The topological polar surface area (TPSA) is 122 Å². The Labute approximate surface area is 198 Å². The summed E-state index contributed by atoms with van der Waals surface area (Å²) >= 11 is 0. The SMILES string of the molecule is CC(C)(C)OC(=O)N[C@H]1CC[C@H](NC(=O)c2nc(-n3ccnc3)cc3c(C#N)cccc23)CC1. The van der Waals surface area contributed by atoms with Crippen LogP contribution in [0.15, 0.2) is 43.0 Å². The highest BCUT2D eigenvalue weighted by Crippen LogP contribution is 2.25. The summed E-state index contributed by atoms with van der Waals surface area (Å²) in [6.45, 7) is 5.49. The summed E-state index contributed by atoms with van der Waals surface area (Å²) in [7, 11) is 0. The molecule has 2 heterocycles. The van der Waals surface area contributed by atoms with Gasteiger partial charge in [-0.1, -0.05) is 12.1 Å². The van der Waals surface area contributed by atoms with Gasteiger partial charge in [-0.2, -0.15) is 5.26 Å². The van der Waals surface area contributed by atoms with Gasteiger partial charge in [-0.25, -0.2) is 14.8 Å². The summed E-state index contributed by atoms with van der Waals surface area (Å²) in [5, 5.41) is 16.9. The number of pyridine rings is 1. The summed E-state index contributed by atoms with van der Waals surface area (Å²) in [6, 6.07) is 9.25. The van der Waals surface area contributed by atoms with Crippen LogP contribution in [0.1, 0.15) is 62.5 Å². The van der Waals surface area contributed by atoms with Crippen molar-refractivity contribution in [3.63, 3.8) is 0 Å². The summed E-state index contributed by atoms with van der Waals surface area (Å²) in [4.78, 5) is 34.0. The number of alkyl carbamates (subject to hydrolysis) is 1. The van der Waals surface area contributed by atoms with E-state index in [2.05, 4.69) is 26.7 Å². The van der Waals surface area contributed by atoms with E-state index in [-0.39, 0.29) is 23.7 Å². The second-order valence-corrected chi connectivity index (χ2v) is 9.48. The maximum Gasteiger partial charge on any atom is 0.407 e. The molecule has 1 aliphatic rings. The standard InChI is InChI=1S/C25H28N6O3/c1-25(2,3)34-24(33)29-18-9-7-17(8-10-18)28-23(32)22-19-6-4-5-16(14-26)20(19)13-21(30-22)31-12-11-27-15-31/h4-6,11-13,15,17-18H,7-10H2,1-3H3,(H,28,32)(H,29,33)/t17-,18-. The third kappa shape index (κ3) is 5.34. The van der Waals surface area contributed by atoms with Gasteiger partial charge >= 0.3 is 6.09 Å². The second-order valence-electron chi connectivity index (χ2n) is 9.48. The molecule has 0 bridgehead atoms. The number of amides is 2. The minimum atomic E-state index is -0.540. The van der Waals surface area contributed by atoms with Crippen molar-refractivity contribution in [2.24, 2.45) is 0 Å². The third-order valence-corrected chi connectivity index (χ3v) is 5.75. The zero-order valence-corrected chi connectivity index (χ0v) is 19.5. The molecule has 0 unspecified atom stereocenters. The van der Waals surface area contributed by atoms with Crippen molar-refractivity contribution in [1.82, 2.24) is 25.2 Å². The number of hydrogen-bond acceptors (Lipinski definition) is 6. The predicted octanol–water partition coefficient (Wildman–Crippen LogP) is 3.86. The first-order valence-electron chi connectivity index (χ1n) is 11.4. The van der Waals surface area contributed by atoms with Gasteiger partial charge in [-0.3, -0.25) is 9.36 Å². The highest BCUT2D eigenvalue weighted by atomic mass is 16.6. The lowest BCUT2D eigenvalue weighted by atomic mass is 9.91. The molecule has 176 valence electrons. The molecule has 1 fully saturated rings. The quantitative estimate of drug-likeness (QED) is 0.610. The minimum Gasteiger partial charge on any atom is -0.444 e. The smallest absolute Gasteiger partial charge is 0.407 e. The van der Waals surface area contributed by atoms with Crippen LogP contribution < -0.4 is 10.6 Å². The van der Waals surface area contributed by atoms with Crippen molar-refractivity contribution in [3.8, 4) is 11.9 Å². The molecule has 2 amide bonds. The van der Waals surface area contributed by atoms with E-state index >= 15 is 0 Å². The van der Waals surface area contributed by atoms with E-state index in [1.54, 1.807) is 47.6 Å². The number of nitrogens with one attached hydrogen (secondary N) is 2. The number of rotatable bonds is 4. The van der Waals surface area contributed by atoms with Crippen molar-refractivity contribution in [2.75, 3.05) is 0 Å². The summed E-state index contributed by atoms with van der Waals surface area (Å²) in [5.74, 6) is 0.230. The Hall–Kier alpha value is -3.93. The van der Waals surface area contributed by atoms with Gasteiger partial charge in [0.1, 0.15) is 23.4 Å². The predicted molar refractivity (Wildman–Crippen MR) is 126 cm³/mol. The minimum absolute atomic E-state index is 0.0183. The van der Waals surface area contributed by atoms with E-state index < -0.39 is 11.7 Å². The molecule has 0 saturated heterocycles. The van der Waals surface area contributed by atoms with Crippen LogP contribution in [0.5, 0.6) is 0 Å². The van der Waals surface area contributed by atoms with E-state index in [4.69, 9.17) is 4.74 Å². The van der Waals surface area contributed by atoms with Crippen LogP contribution in [0.4, 0.5) is 4.79 Å². The molecular formula is C25H28N6O3. The van der Waals surface area contributed by atoms with Gasteiger partial charge in [0.25, 0.3) is 5.91 Å². The van der Waals surface area contributed by atoms with Crippen molar-refractivity contribution in [2.45, 2.75) is 64.1 Å². The lowest BCUT2D eigenvalue weighted by Crippen LogP contribution is -2.45. The Bertz CT molecular complexity index is 1230. The Morgan fingerprint density at radius 3 is 2.44 bits per heavy atom. The maximum absolute atomic E-state index is 13.3. The summed E-state index contributed by atoms with van der Waals surface area (Å²) in [6.07, 6.45) is 7.50. The number of aromatic nitrogens is 3. The van der Waals surface area contributed by atoms with E-state index in [0.717, 1.165) is 25.7 Å². The van der Waals surface area contributed by atoms with E-state index in [1.165, 1.54) is 0 Å². The Morgan fingerprint density at radius 1 is 1.12 bits per heavy atom. The van der Waals surface area contributed by atoms with Crippen LogP contribution in [0, 0.1) is 11.3 Å². The van der Waals surface area contributed by atoms with Crippen LogP contribution in [-0.4, -0.2) is 44.2 Å². The molecule has 1 saturated carbocycles. The molecule has 1 aliphatic carbocycles. The lowest BCUT2D eigenvalue weighted by molar-refractivity contribution is 0.0488. The maximum atomic E-state index is 13.3. The highest BCUT2D eigenvalue weighted by Gasteiger charge is 2.27. The van der Waals surface area contributed by atoms with Gasteiger partial charge < -0.3 is 15.4 Å². The number of imidazole rings is 1. The van der Waals surface area contributed by atoms with Crippen LogP contribution in [0.25, 0.3) is 16.6 Å². The highest BCUT2D eigenvalue weighted by molar-refractivity contribution is 6.07. The molecule has 34 heavy (non-hydrogen) atoms. The van der Waals surface area contributed by atoms with Crippen LogP contribution in [0.2, 0.25) is 0 Å². The fourth-order valence-corrected chi connectivity index (χ4v) is 4.17. The van der Waals surface area contributed by atoms with Crippen LogP contribution >= 0.6 is 0 Å². The average molecular weight is 461 g/mol. The van der Waals surface area contributed by atoms with E-state index in [9.17, 15) is 14.9 Å². The molecule has 9 nitrogen and oxygen atoms in total. The Kier molecular flexibility index (Phi) is 6.50. The zero-order valence-electron chi connectivity index (χ0n) is 19.5. The van der Waals surface area contributed by atoms with Gasteiger partial charge in [0.2, 0.25) is 0 Å². The summed E-state index contributed by atoms with van der Waals surface area (Å²) < 4.78 is 7.04. The normalized spacial score (nSPS) is 18.2. The second kappa shape index (κ2) is 9.51. The molecule has 3 aromatic rings. The Morgan fingerprint density at radius 2 is 1.82 bits per heavy atom. The summed E-state index contributed by atoms with van der Waals surface area (Å²) in [5.41, 5.74) is 0.207. The number of carbonyl (C=O) groups is 2. The van der Waals surface area contributed by atoms with Gasteiger partial charge in [0.05, 0.1) is 11.6 Å². The monoisotopic (exact) mass is 460 g/mol. The molecule has 0 spiro atoms. The Balaban J connectivity index is 1.49. The molecule has 2 N–H and O–H groups in total. The fraction of sp³-hybridized carbons (Fsp3) is 0.400. The van der Waals surface area contributed by atoms with Crippen molar-refractivity contribution >= 4 is 22.8 Å². The number of fused-ring (bicyclic) bond motifs is 1. The molecular weight excluding hydrogens is 432 g/mol. The first kappa shape index (κ1) is 23.2. The molecule has 0 radical (unpaired) electrons. The molecule has 9 heteroatoms. The molecule has 0 atom stereocenters. The third-order valence-electron chi connectivity index (χ3n) is 5.75. The van der Waals surface area contributed by atoms with E-state index in [1.807, 2.05) is 20.8 Å². The average Bonchev–Trinajstić information content (AvgIpc) is 3.33. The molecule has 2 aromatic heterocycles. The zero-order chi connectivity index (χ0) is 24.3. The first-order valence-corrected chi connectivity index (χ1v) is 11.4. The largest absolute Gasteiger partial charge is 0.444 e. The van der Waals surface area contributed by atoms with Crippen molar-refractivity contribution < 1.29 is 14.3 Å². The van der Waals surface area contributed by atoms with E-state index in [0.29, 0.717) is 22.2 Å². The fourth-order valence-electron chi connectivity index (χ4n) is 4.17.